The highest BCUT2D eigenvalue weighted by atomic mass is 16.3. The molecule has 2 aromatic carbocycles. The van der Waals surface area contributed by atoms with Gasteiger partial charge in [0.15, 0.2) is 0 Å². The number of phenols is 1. The van der Waals surface area contributed by atoms with Gasteiger partial charge in [0.2, 0.25) is 0 Å². The maximum atomic E-state index is 9.49. The van der Waals surface area contributed by atoms with E-state index in [0.29, 0.717) is 0 Å². The minimum Gasteiger partial charge on any atom is -0.508 e. The fraction of sp³-hybridized carbons (Fsp3) is 0.0526. The van der Waals surface area contributed by atoms with Crippen LogP contribution in [0.3, 0.4) is 0 Å². The predicted molar refractivity (Wildman–Crippen MR) is 86.4 cm³/mol. The molecule has 20 heavy (non-hydrogen) atoms. The van der Waals surface area contributed by atoms with E-state index in [-0.39, 0.29) is 5.75 Å². The van der Waals surface area contributed by atoms with Crippen LogP contribution in [0.1, 0.15) is 18.1 Å². The first-order chi connectivity index (χ1) is 9.70. The van der Waals surface area contributed by atoms with Gasteiger partial charge in [-0.25, -0.2) is 0 Å². The molecule has 0 aliphatic rings. The van der Waals surface area contributed by atoms with Gasteiger partial charge in [-0.05, 0) is 41.3 Å². The van der Waals surface area contributed by atoms with Gasteiger partial charge in [-0.15, -0.1) is 0 Å². The van der Waals surface area contributed by atoms with Gasteiger partial charge in [-0.2, -0.15) is 0 Å². The lowest BCUT2D eigenvalue weighted by atomic mass is 10.0. The highest BCUT2D eigenvalue weighted by Crippen LogP contribution is 2.21. The molecule has 2 rings (SSSR count). The van der Waals surface area contributed by atoms with E-state index in [2.05, 4.69) is 24.8 Å². The summed E-state index contributed by atoms with van der Waals surface area (Å²) in [5.74, 6) is 0.256. The van der Waals surface area contributed by atoms with Crippen LogP contribution in [-0.4, -0.2) is 5.11 Å². The Morgan fingerprint density at radius 2 is 1.65 bits per heavy atom. The zero-order valence-corrected chi connectivity index (χ0v) is 11.6. The first kappa shape index (κ1) is 13.9. The fourth-order valence-corrected chi connectivity index (χ4v) is 1.98. The van der Waals surface area contributed by atoms with Crippen LogP contribution in [0.15, 0.2) is 79.4 Å². The smallest absolute Gasteiger partial charge is 0.116 e. The van der Waals surface area contributed by atoms with Crippen LogP contribution in [0.25, 0.3) is 11.1 Å². The van der Waals surface area contributed by atoms with Gasteiger partial charge in [0.25, 0.3) is 0 Å². The zero-order valence-electron chi connectivity index (χ0n) is 11.6. The van der Waals surface area contributed by atoms with Gasteiger partial charge >= 0.3 is 0 Å². The van der Waals surface area contributed by atoms with E-state index in [1.165, 1.54) is 5.56 Å². The molecule has 0 heterocycles. The van der Waals surface area contributed by atoms with Gasteiger partial charge in [-0.1, -0.05) is 67.3 Å². The largest absolute Gasteiger partial charge is 0.508 e. The number of aromatic hydroxyl groups is 1. The van der Waals surface area contributed by atoms with Crippen molar-refractivity contribution >= 4 is 11.1 Å². The number of benzene rings is 2. The third kappa shape index (κ3) is 3.48. The minimum atomic E-state index is 0.256. The average molecular weight is 262 g/mol. The maximum Gasteiger partial charge on any atom is 0.116 e. The molecule has 0 saturated carbocycles. The van der Waals surface area contributed by atoms with Gasteiger partial charge < -0.3 is 5.11 Å². The van der Waals surface area contributed by atoms with Crippen LogP contribution in [0.2, 0.25) is 0 Å². The van der Waals surface area contributed by atoms with Gasteiger partial charge in [0.05, 0.1) is 0 Å². The normalized spacial score (nSPS) is 11.8. The summed E-state index contributed by atoms with van der Waals surface area (Å²) in [4.78, 5) is 0. The molecule has 0 fully saturated rings. The molecule has 0 radical (unpaired) electrons. The van der Waals surface area contributed by atoms with Crippen LogP contribution in [0.4, 0.5) is 0 Å². The Morgan fingerprint density at radius 3 is 2.30 bits per heavy atom. The highest BCUT2D eigenvalue weighted by molar-refractivity contribution is 5.80. The van der Waals surface area contributed by atoms with Crippen molar-refractivity contribution in [3.05, 3.63) is 90.5 Å². The van der Waals surface area contributed by atoms with E-state index >= 15 is 0 Å². The molecule has 0 atom stereocenters. The third-order valence-corrected chi connectivity index (χ3v) is 3.10. The molecule has 1 nitrogen and oxygen atoms in total. The second-order valence-electron chi connectivity index (χ2n) is 4.52. The molecule has 1 N–H and O–H groups in total. The molecular formula is C19H18O. The van der Waals surface area contributed by atoms with E-state index in [4.69, 9.17) is 0 Å². The Bertz CT molecular complexity index is 648. The fourth-order valence-electron chi connectivity index (χ4n) is 1.98. The summed E-state index contributed by atoms with van der Waals surface area (Å²) in [5, 5.41) is 9.49. The Morgan fingerprint density at radius 1 is 0.950 bits per heavy atom. The molecule has 0 spiro atoms. The van der Waals surface area contributed by atoms with Crippen LogP contribution in [0, 0.1) is 0 Å². The first-order valence-electron chi connectivity index (χ1n) is 6.59. The molecule has 0 amide bonds. The van der Waals surface area contributed by atoms with Gasteiger partial charge in [0, 0.05) is 0 Å². The molecule has 0 unspecified atom stereocenters. The molecule has 100 valence electrons. The number of hydrogen-bond donors (Lipinski definition) is 1. The van der Waals surface area contributed by atoms with Crippen molar-refractivity contribution in [1.29, 1.82) is 0 Å². The lowest BCUT2D eigenvalue weighted by molar-refractivity contribution is 0.475. The van der Waals surface area contributed by atoms with Crippen molar-refractivity contribution in [2.45, 2.75) is 6.92 Å². The van der Waals surface area contributed by atoms with E-state index in [9.17, 15) is 5.11 Å². The Hall–Kier alpha value is -2.54. The van der Waals surface area contributed by atoms with E-state index in [1.807, 2.05) is 49.4 Å². The zero-order chi connectivity index (χ0) is 14.4. The predicted octanol–water partition coefficient (Wildman–Crippen LogP) is 5.07. The van der Waals surface area contributed by atoms with Crippen LogP contribution < -0.4 is 0 Å². The quantitative estimate of drug-likeness (QED) is 0.763. The lowest BCUT2D eigenvalue weighted by Gasteiger charge is -2.04. The SMILES string of the molecule is C=C(/C=C\C(=C/C)c1ccccc1)c1cccc(O)c1. The van der Waals surface area contributed by atoms with Crippen LogP contribution in [0.5, 0.6) is 5.75 Å². The summed E-state index contributed by atoms with van der Waals surface area (Å²) >= 11 is 0. The Balaban J connectivity index is 2.18. The van der Waals surface area contributed by atoms with Crippen molar-refractivity contribution in [3.8, 4) is 5.75 Å². The summed E-state index contributed by atoms with van der Waals surface area (Å²) in [6.07, 6.45) is 6.08. The standard InChI is InChI=1S/C19H18O/c1-3-16(17-8-5-4-6-9-17)13-12-15(2)18-10-7-11-19(20)14-18/h3-14,20H,2H2,1H3/b13-12-,16-3+. The molecule has 0 bridgehead atoms. The number of hydrogen-bond acceptors (Lipinski definition) is 1. The summed E-state index contributed by atoms with van der Waals surface area (Å²) in [5.41, 5.74) is 4.11. The van der Waals surface area contributed by atoms with E-state index in [1.54, 1.807) is 12.1 Å². The Labute approximate surface area is 120 Å². The van der Waals surface area contributed by atoms with Crippen LogP contribution in [-0.2, 0) is 0 Å². The number of allylic oxidation sites excluding steroid dienone is 5. The van der Waals surface area contributed by atoms with Crippen LogP contribution >= 0.6 is 0 Å². The van der Waals surface area contributed by atoms with E-state index in [0.717, 1.165) is 16.7 Å². The molecule has 0 saturated heterocycles. The topological polar surface area (TPSA) is 20.2 Å². The lowest BCUT2D eigenvalue weighted by Crippen LogP contribution is -1.81. The first-order valence-corrected chi connectivity index (χ1v) is 6.59. The molecule has 0 aromatic heterocycles. The summed E-state index contributed by atoms with van der Waals surface area (Å²) in [6.45, 7) is 6.06. The monoisotopic (exact) mass is 262 g/mol. The van der Waals surface area contributed by atoms with Gasteiger partial charge in [0.1, 0.15) is 5.75 Å². The highest BCUT2D eigenvalue weighted by Gasteiger charge is 1.98. The maximum absolute atomic E-state index is 9.49. The van der Waals surface area contributed by atoms with Crippen molar-refractivity contribution in [3.63, 3.8) is 0 Å². The van der Waals surface area contributed by atoms with Crippen molar-refractivity contribution < 1.29 is 5.11 Å². The number of phenolic OH excluding ortho intramolecular Hbond substituents is 1. The molecule has 1 heteroatoms. The Kier molecular flexibility index (Phi) is 4.56. The minimum absolute atomic E-state index is 0.256. The van der Waals surface area contributed by atoms with Crippen molar-refractivity contribution in [2.75, 3.05) is 0 Å². The summed E-state index contributed by atoms with van der Waals surface area (Å²) in [6, 6.07) is 17.3. The third-order valence-electron chi connectivity index (χ3n) is 3.10. The molecular weight excluding hydrogens is 244 g/mol. The summed E-state index contributed by atoms with van der Waals surface area (Å²) < 4.78 is 0. The summed E-state index contributed by atoms with van der Waals surface area (Å²) in [7, 11) is 0. The van der Waals surface area contributed by atoms with E-state index < -0.39 is 0 Å². The second-order valence-corrected chi connectivity index (χ2v) is 4.52. The van der Waals surface area contributed by atoms with Crippen molar-refractivity contribution in [2.24, 2.45) is 0 Å². The second kappa shape index (κ2) is 6.58. The van der Waals surface area contributed by atoms with Gasteiger partial charge in [-0.3, -0.25) is 0 Å². The molecule has 0 aliphatic heterocycles. The van der Waals surface area contributed by atoms with Crippen molar-refractivity contribution in [1.82, 2.24) is 0 Å². The molecule has 0 aliphatic carbocycles. The molecule has 2 aromatic rings. The average Bonchev–Trinajstić information content (AvgIpc) is 2.49. The number of rotatable bonds is 4.